The second-order valence-corrected chi connectivity index (χ2v) is 4.34. The number of Topliss-reactive ketones (excluding diaryl/α,β-unsaturated/α-hetero) is 1. The van der Waals surface area contributed by atoms with Gasteiger partial charge in [-0.05, 0) is 19.8 Å². The van der Waals surface area contributed by atoms with Gasteiger partial charge in [0.25, 0.3) is 0 Å². The maximum Gasteiger partial charge on any atom is 0.133 e. The average Bonchev–Trinajstić information content (AvgIpc) is 1.98. The van der Waals surface area contributed by atoms with E-state index in [1.807, 2.05) is 13.8 Å². The lowest BCUT2D eigenvalue weighted by atomic mass is 10.0. The molecule has 0 radical (unpaired) electrons. The fourth-order valence-electron chi connectivity index (χ4n) is 1.23. The molecule has 0 aromatic heterocycles. The van der Waals surface area contributed by atoms with Crippen molar-refractivity contribution in [2.24, 2.45) is 5.92 Å². The number of ether oxygens (including phenoxy) is 1. The zero-order valence-corrected chi connectivity index (χ0v) is 9.80. The van der Waals surface area contributed by atoms with Crippen molar-refractivity contribution >= 4 is 5.78 Å². The Bertz CT molecular complexity index is 170. The van der Waals surface area contributed by atoms with E-state index in [1.165, 1.54) is 0 Å². The highest BCUT2D eigenvalue weighted by molar-refractivity contribution is 5.78. The number of hydrogen-bond acceptors (Lipinski definition) is 2. The molecular weight excluding hydrogens is 176 g/mol. The predicted octanol–water partition coefficient (Wildman–Crippen LogP) is 3.32. The van der Waals surface area contributed by atoms with Crippen molar-refractivity contribution in [3.05, 3.63) is 12.3 Å². The van der Waals surface area contributed by atoms with E-state index in [2.05, 4.69) is 20.4 Å². The molecule has 0 N–H and O–H groups in total. The van der Waals surface area contributed by atoms with Gasteiger partial charge in [-0.3, -0.25) is 4.79 Å². The molecule has 0 aromatic carbocycles. The monoisotopic (exact) mass is 198 g/mol. The summed E-state index contributed by atoms with van der Waals surface area (Å²) >= 11 is 0. The Balaban J connectivity index is 3.61. The molecule has 14 heavy (non-hydrogen) atoms. The molecule has 0 amide bonds. The summed E-state index contributed by atoms with van der Waals surface area (Å²) in [6, 6.07) is 0. The summed E-state index contributed by atoms with van der Waals surface area (Å²) < 4.78 is 5.36. The number of carbonyl (C=O) groups is 1. The highest BCUT2D eigenvalue weighted by Gasteiger charge is 2.06. The van der Waals surface area contributed by atoms with Crippen molar-refractivity contribution in [3.8, 4) is 0 Å². The molecule has 0 unspecified atom stereocenters. The van der Waals surface area contributed by atoms with Crippen LogP contribution in [0, 0.1) is 5.92 Å². The van der Waals surface area contributed by atoms with E-state index in [9.17, 15) is 4.79 Å². The van der Waals surface area contributed by atoms with Gasteiger partial charge in [-0.15, -0.1) is 0 Å². The van der Waals surface area contributed by atoms with Crippen molar-refractivity contribution in [2.75, 3.05) is 0 Å². The second kappa shape index (κ2) is 6.63. The average molecular weight is 198 g/mol. The fourth-order valence-corrected chi connectivity index (χ4v) is 1.23. The van der Waals surface area contributed by atoms with Gasteiger partial charge in [0.05, 0.1) is 11.9 Å². The van der Waals surface area contributed by atoms with E-state index in [0.717, 1.165) is 5.76 Å². The molecule has 0 aromatic rings. The third-order valence-electron chi connectivity index (χ3n) is 1.72. The highest BCUT2D eigenvalue weighted by Crippen LogP contribution is 2.10. The van der Waals surface area contributed by atoms with E-state index in [1.54, 1.807) is 0 Å². The Kier molecular flexibility index (Phi) is 6.26. The van der Waals surface area contributed by atoms with E-state index >= 15 is 0 Å². The summed E-state index contributed by atoms with van der Waals surface area (Å²) in [6.45, 7) is 11.8. The minimum atomic E-state index is 0.155. The Morgan fingerprint density at radius 2 is 1.79 bits per heavy atom. The van der Waals surface area contributed by atoms with Crippen LogP contribution in [0.1, 0.15) is 47.0 Å². The minimum absolute atomic E-state index is 0.155. The highest BCUT2D eigenvalue weighted by atomic mass is 16.5. The number of hydrogen-bond donors (Lipinski definition) is 0. The van der Waals surface area contributed by atoms with Crippen LogP contribution in [-0.4, -0.2) is 11.9 Å². The van der Waals surface area contributed by atoms with Gasteiger partial charge < -0.3 is 4.74 Å². The van der Waals surface area contributed by atoms with Crippen LogP contribution < -0.4 is 0 Å². The summed E-state index contributed by atoms with van der Waals surface area (Å²) in [4.78, 5) is 11.3. The van der Waals surface area contributed by atoms with E-state index in [0.29, 0.717) is 31.0 Å². The van der Waals surface area contributed by atoms with Crippen LogP contribution in [0.3, 0.4) is 0 Å². The molecule has 0 rings (SSSR count). The van der Waals surface area contributed by atoms with Crippen molar-refractivity contribution < 1.29 is 9.53 Å². The SMILES string of the molecule is C=C(CCC(=O)CC(C)C)OC(C)C. The largest absolute Gasteiger partial charge is 0.496 e. The van der Waals surface area contributed by atoms with Gasteiger partial charge in [-0.2, -0.15) is 0 Å². The van der Waals surface area contributed by atoms with Crippen LogP contribution in [0.2, 0.25) is 0 Å². The first kappa shape index (κ1) is 13.2. The van der Waals surface area contributed by atoms with E-state index in [-0.39, 0.29) is 6.10 Å². The lowest BCUT2D eigenvalue weighted by molar-refractivity contribution is -0.119. The zero-order valence-electron chi connectivity index (χ0n) is 9.80. The quantitative estimate of drug-likeness (QED) is 0.586. The molecular formula is C12H22O2. The smallest absolute Gasteiger partial charge is 0.133 e. The van der Waals surface area contributed by atoms with Crippen molar-refractivity contribution in [1.29, 1.82) is 0 Å². The molecule has 0 fully saturated rings. The lowest BCUT2D eigenvalue weighted by Crippen LogP contribution is -2.06. The standard InChI is InChI=1S/C12H22O2/c1-9(2)8-12(13)7-6-11(5)14-10(3)4/h9-10H,5-8H2,1-4H3. The number of carbonyl (C=O) groups excluding carboxylic acids is 1. The van der Waals surface area contributed by atoms with Gasteiger partial charge in [-0.1, -0.05) is 20.4 Å². The van der Waals surface area contributed by atoms with Crippen LogP contribution in [0.4, 0.5) is 0 Å². The number of allylic oxidation sites excluding steroid dienone is 1. The molecule has 0 spiro atoms. The van der Waals surface area contributed by atoms with Gasteiger partial charge in [0.2, 0.25) is 0 Å². The minimum Gasteiger partial charge on any atom is -0.496 e. The molecule has 0 bridgehead atoms. The van der Waals surface area contributed by atoms with Gasteiger partial charge in [0.15, 0.2) is 0 Å². The van der Waals surface area contributed by atoms with Crippen molar-refractivity contribution in [2.45, 2.75) is 53.1 Å². The zero-order chi connectivity index (χ0) is 11.1. The Labute approximate surface area is 87.3 Å². The lowest BCUT2D eigenvalue weighted by Gasteiger charge is -2.12. The Morgan fingerprint density at radius 1 is 1.21 bits per heavy atom. The molecule has 0 heterocycles. The summed E-state index contributed by atoms with van der Waals surface area (Å²) in [5, 5.41) is 0. The first-order valence-corrected chi connectivity index (χ1v) is 5.28. The summed E-state index contributed by atoms with van der Waals surface area (Å²) in [5.74, 6) is 1.47. The molecule has 0 saturated carbocycles. The fraction of sp³-hybridized carbons (Fsp3) is 0.750. The van der Waals surface area contributed by atoms with Gasteiger partial charge >= 0.3 is 0 Å². The summed E-state index contributed by atoms with van der Waals surface area (Å²) in [6.07, 6.45) is 2.03. The van der Waals surface area contributed by atoms with Gasteiger partial charge in [0.1, 0.15) is 5.78 Å². The topological polar surface area (TPSA) is 26.3 Å². The van der Waals surface area contributed by atoms with E-state index < -0.39 is 0 Å². The molecule has 2 nitrogen and oxygen atoms in total. The van der Waals surface area contributed by atoms with Crippen LogP contribution in [0.25, 0.3) is 0 Å². The molecule has 0 aliphatic rings. The van der Waals surface area contributed by atoms with Crippen LogP contribution >= 0.6 is 0 Å². The van der Waals surface area contributed by atoms with Crippen molar-refractivity contribution in [3.63, 3.8) is 0 Å². The second-order valence-electron chi connectivity index (χ2n) is 4.34. The predicted molar refractivity (Wildman–Crippen MR) is 59.1 cm³/mol. The number of ketones is 1. The van der Waals surface area contributed by atoms with Gasteiger partial charge in [0, 0.05) is 19.3 Å². The third kappa shape index (κ3) is 7.84. The molecule has 2 heteroatoms. The van der Waals surface area contributed by atoms with Crippen LogP contribution in [0.15, 0.2) is 12.3 Å². The first-order valence-electron chi connectivity index (χ1n) is 5.28. The summed E-state index contributed by atoms with van der Waals surface area (Å²) in [5.41, 5.74) is 0. The van der Waals surface area contributed by atoms with Crippen LogP contribution in [0.5, 0.6) is 0 Å². The Hall–Kier alpha value is -0.790. The van der Waals surface area contributed by atoms with Crippen molar-refractivity contribution in [1.82, 2.24) is 0 Å². The normalized spacial score (nSPS) is 10.7. The third-order valence-corrected chi connectivity index (χ3v) is 1.72. The molecule has 82 valence electrons. The molecule has 0 saturated heterocycles. The van der Waals surface area contributed by atoms with Crippen LogP contribution in [-0.2, 0) is 9.53 Å². The molecule has 0 atom stereocenters. The summed E-state index contributed by atoms with van der Waals surface area (Å²) in [7, 11) is 0. The first-order chi connectivity index (χ1) is 6.41. The maximum atomic E-state index is 11.3. The maximum absolute atomic E-state index is 11.3. The molecule has 0 aliphatic carbocycles. The van der Waals surface area contributed by atoms with Gasteiger partial charge in [-0.25, -0.2) is 0 Å². The molecule has 0 aliphatic heterocycles. The Morgan fingerprint density at radius 3 is 2.21 bits per heavy atom. The number of rotatable bonds is 7. The van der Waals surface area contributed by atoms with E-state index in [4.69, 9.17) is 4.74 Å².